The number of aryl methyl sites for hydroxylation is 1. The summed E-state index contributed by atoms with van der Waals surface area (Å²) in [6.07, 6.45) is 3.69. The zero-order chi connectivity index (χ0) is 15.2. The molecule has 0 radical (unpaired) electrons. The summed E-state index contributed by atoms with van der Waals surface area (Å²) >= 11 is 0. The Hall–Kier alpha value is -2.34. The predicted octanol–water partition coefficient (Wildman–Crippen LogP) is 0.761. The minimum absolute atomic E-state index is 0.210. The van der Waals surface area contributed by atoms with Crippen molar-refractivity contribution in [2.45, 2.75) is 20.0 Å². The van der Waals surface area contributed by atoms with Gasteiger partial charge in [-0.2, -0.15) is 0 Å². The molecule has 6 heteroatoms. The van der Waals surface area contributed by atoms with Crippen LogP contribution < -0.4 is 11.5 Å². The molecule has 2 rings (SSSR count). The molecule has 2 aromatic rings. The van der Waals surface area contributed by atoms with Gasteiger partial charge in [0.2, 0.25) is 5.91 Å². The maximum atomic E-state index is 11.2. The second-order valence-corrected chi connectivity index (χ2v) is 5.04. The number of nitrogens with two attached hydrogens (primary N) is 2. The number of hydrogen-bond donors (Lipinski definition) is 2. The average molecular weight is 287 g/mol. The first-order valence-electron chi connectivity index (χ1n) is 6.88. The van der Waals surface area contributed by atoms with Crippen LogP contribution in [-0.2, 0) is 17.9 Å². The molecular weight excluding hydrogens is 266 g/mol. The van der Waals surface area contributed by atoms with Crippen LogP contribution in [0.2, 0.25) is 0 Å². The van der Waals surface area contributed by atoms with E-state index in [1.807, 2.05) is 46.9 Å². The van der Waals surface area contributed by atoms with Crippen LogP contribution in [0.3, 0.4) is 0 Å². The van der Waals surface area contributed by atoms with Crippen molar-refractivity contribution < 1.29 is 4.79 Å². The van der Waals surface area contributed by atoms with Gasteiger partial charge < -0.3 is 16.0 Å². The molecule has 0 atom stereocenters. The summed E-state index contributed by atoms with van der Waals surface area (Å²) < 4.78 is 2.04. The number of primary amides is 1. The largest absolute Gasteiger partial charge is 0.398 e. The number of anilines is 1. The normalized spacial score (nSPS) is 11.0. The molecule has 1 aromatic heterocycles. The molecule has 0 saturated heterocycles. The zero-order valence-electron chi connectivity index (χ0n) is 12.2. The van der Waals surface area contributed by atoms with Crippen molar-refractivity contribution in [3.05, 3.63) is 48.0 Å². The number of hydrogen-bond acceptors (Lipinski definition) is 4. The highest BCUT2D eigenvalue weighted by Crippen LogP contribution is 2.13. The van der Waals surface area contributed by atoms with E-state index >= 15 is 0 Å². The van der Waals surface area contributed by atoms with E-state index in [1.165, 1.54) is 0 Å². The molecule has 1 aromatic carbocycles. The highest BCUT2D eigenvalue weighted by atomic mass is 16.1. The minimum atomic E-state index is -0.341. The fraction of sp³-hybridized carbons (Fsp3) is 0.333. The maximum Gasteiger partial charge on any atom is 0.231 e. The zero-order valence-corrected chi connectivity index (χ0v) is 12.2. The van der Waals surface area contributed by atoms with Gasteiger partial charge in [0.25, 0.3) is 0 Å². The van der Waals surface area contributed by atoms with E-state index in [2.05, 4.69) is 4.98 Å². The van der Waals surface area contributed by atoms with E-state index in [1.54, 1.807) is 6.20 Å². The Morgan fingerprint density at radius 1 is 1.38 bits per heavy atom. The molecule has 0 bridgehead atoms. The highest BCUT2D eigenvalue weighted by Gasteiger charge is 2.11. The Bertz CT molecular complexity index is 608. The molecule has 0 saturated carbocycles. The number of rotatable bonds is 7. The molecule has 112 valence electrons. The second kappa shape index (κ2) is 6.90. The van der Waals surface area contributed by atoms with E-state index in [0.29, 0.717) is 13.1 Å². The fourth-order valence-corrected chi connectivity index (χ4v) is 2.24. The molecule has 0 unspecified atom stereocenters. The van der Waals surface area contributed by atoms with Gasteiger partial charge in [-0.25, -0.2) is 4.98 Å². The Morgan fingerprint density at radius 3 is 2.76 bits per heavy atom. The molecule has 0 spiro atoms. The first kappa shape index (κ1) is 15.1. The minimum Gasteiger partial charge on any atom is -0.398 e. The molecule has 0 aliphatic carbocycles. The van der Waals surface area contributed by atoms with Crippen molar-refractivity contribution in [3.8, 4) is 0 Å². The van der Waals surface area contributed by atoms with Gasteiger partial charge in [-0.3, -0.25) is 9.69 Å². The molecule has 0 aliphatic rings. The Labute approximate surface area is 124 Å². The first-order chi connectivity index (χ1) is 10.1. The van der Waals surface area contributed by atoms with Crippen molar-refractivity contribution in [1.29, 1.82) is 0 Å². The summed E-state index contributed by atoms with van der Waals surface area (Å²) in [5.74, 6) is 0.611. The highest BCUT2D eigenvalue weighted by molar-refractivity contribution is 5.75. The number of carbonyl (C=O) groups excluding carboxylic acids is 1. The van der Waals surface area contributed by atoms with Crippen LogP contribution in [0.1, 0.15) is 11.4 Å². The summed E-state index contributed by atoms with van der Waals surface area (Å²) in [6, 6.07) is 7.66. The third-order valence-corrected chi connectivity index (χ3v) is 3.41. The van der Waals surface area contributed by atoms with Gasteiger partial charge in [0, 0.05) is 37.7 Å². The molecule has 0 aliphatic heterocycles. The molecule has 0 fully saturated rings. The van der Waals surface area contributed by atoms with E-state index in [9.17, 15) is 4.79 Å². The summed E-state index contributed by atoms with van der Waals surface area (Å²) in [6.45, 7) is 4.22. The van der Waals surface area contributed by atoms with Crippen molar-refractivity contribution in [2.75, 3.05) is 18.8 Å². The number of imidazole rings is 1. The molecule has 21 heavy (non-hydrogen) atoms. The summed E-state index contributed by atoms with van der Waals surface area (Å²) in [4.78, 5) is 17.4. The third kappa shape index (κ3) is 4.32. The standard InChI is InChI=1S/C15H21N5O/c1-12-18-6-7-20(12)9-8-19(11-15(17)21)10-13-4-2-3-5-14(13)16/h2-7H,8-11,16H2,1H3,(H2,17,21). The van der Waals surface area contributed by atoms with Crippen LogP contribution in [0.15, 0.2) is 36.7 Å². The second-order valence-electron chi connectivity index (χ2n) is 5.04. The van der Waals surface area contributed by atoms with Crippen molar-refractivity contribution in [1.82, 2.24) is 14.5 Å². The lowest BCUT2D eigenvalue weighted by Crippen LogP contribution is -2.35. The van der Waals surface area contributed by atoms with Crippen LogP contribution in [0.25, 0.3) is 0 Å². The van der Waals surface area contributed by atoms with Crippen LogP contribution in [0.4, 0.5) is 5.69 Å². The third-order valence-electron chi connectivity index (χ3n) is 3.41. The molecule has 1 amide bonds. The first-order valence-corrected chi connectivity index (χ1v) is 6.88. The van der Waals surface area contributed by atoms with Gasteiger partial charge in [-0.05, 0) is 18.6 Å². The lowest BCUT2D eigenvalue weighted by Gasteiger charge is -2.22. The Kier molecular flexibility index (Phi) is 4.94. The van der Waals surface area contributed by atoms with Crippen LogP contribution in [-0.4, -0.2) is 33.4 Å². The topological polar surface area (TPSA) is 90.2 Å². The van der Waals surface area contributed by atoms with E-state index in [0.717, 1.165) is 23.6 Å². The monoisotopic (exact) mass is 287 g/mol. The predicted molar refractivity (Wildman–Crippen MR) is 82.3 cm³/mol. The smallest absolute Gasteiger partial charge is 0.231 e. The van der Waals surface area contributed by atoms with Crippen LogP contribution in [0, 0.1) is 6.92 Å². The van der Waals surface area contributed by atoms with E-state index in [4.69, 9.17) is 11.5 Å². The maximum absolute atomic E-state index is 11.2. The van der Waals surface area contributed by atoms with Gasteiger partial charge in [0.15, 0.2) is 0 Å². The van der Waals surface area contributed by atoms with Crippen molar-refractivity contribution >= 4 is 11.6 Å². The lowest BCUT2D eigenvalue weighted by atomic mass is 10.1. The number of aromatic nitrogens is 2. The lowest BCUT2D eigenvalue weighted by molar-refractivity contribution is -0.119. The molecule has 4 N–H and O–H groups in total. The summed E-state index contributed by atoms with van der Waals surface area (Å²) in [5, 5.41) is 0. The van der Waals surface area contributed by atoms with Crippen LogP contribution >= 0.6 is 0 Å². The quantitative estimate of drug-likeness (QED) is 0.736. The number of benzene rings is 1. The number of nitrogens with zero attached hydrogens (tertiary/aromatic N) is 3. The molecular formula is C15H21N5O. The van der Waals surface area contributed by atoms with Gasteiger partial charge >= 0.3 is 0 Å². The Balaban J connectivity index is 2.02. The van der Waals surface area contributed by atoms with Gasteiger partial charge in [0.05, 0.1) is 6.54 Å². The number of nitrogen functional groups attached to an aromatic ring is 1. The molecule has 6 nitrogen and oxygen atoms in total. The molecule has 1 heterocycles. The van der Waals surface area contributed by atoms with Gasteiger partial charge in [-0.1, -0.05) is 18.2 Å². The van der Waals surface area contributed by atoms with E-state index < -0.39 is 0 Å². The van der Waals surface area contributed by atoms with Gasteiger partial charge in [-0.15, -0.1) is 0 Å². The summed E-state index contributed by atoms with van der Waals surface area (Å²) in [5.41, 5.74) is 13.0. The summed E-state index contributed by atoms with van der Waals surface area (Å²) in [7, 11) is 0. The number of amides is 1. The van der Waals surface area contributed by atoms with E-state index in [-0.39, 0.29) is 12.5 Å². The number of para-hydroxylation sites is 1. The average Bonchev–Trinajstić information content (AvgIpc) is 2.83. The Morgan fingerprint density at radius 2 is 2.14 bits per heavy atom. The van der Waals surface area contributed by atoms with Gasteiger partial charge in [0.1, 0.15) is 5.82 Å². The fourth-order valence-electron chi connectivity index (χ4n) is 2.24. The van der Waals surface area contributed by atoms with Crippen molar-refractivity contribution in [3.63, 3.8) is 0 Å². The SMILES string of the molecule is Cc1nccn1CCN(CC(N)=O)Cc1ccccc1N. The number of carbonyl (C=O) groups is 1. The van der Waals surface area contributed by atoms with Crippen LogP contribution in [0.5, 0.6) is 0 Å². The van der Waals surface area contributed by atoms with Crippen molar-refractivity contribution in [2.24, 2.45) is 5.73 Å².